The summed E-state index contributed by atoms with van der Waals surface area (Å²) >= 11 is 1.50. The molecule has 0 atom stereocenters. The molecule has 3 nitrogen and oxygen atoms in total. The third-order valence-electron chi connectivity index (χ3n) is 2.35. The van der Waals surface area contributed by atoms with Crippen molar-refractivity contribution in [2.24, 2.45) is 0 Å². The molecular formula is C11H18N2OS. The first-order valence-electron chi connectivity index (χ1n) is 5.27. The molecule has 0 saturated carbocycles. The zero-order valence-corrected chi connectivity index (χ0v) is 10.3. The number of rotatable bonds is 4. The van der Waals surface area contributed by atoms with Gasteiger partial charge in [-0.15, -0.1) is 11.3 Å². The Hall–Kier alpha value is -1.03. The highest BCUT2D eigenvalue weighted by molar-refractivity contribution is 7.16. The first-order valence-corrected chi connectivity index (χ1v) is 6.09. The van der Waals surface area contributed by atoms with Crippen molar-refractivity contribution in [1.82, 2.24) is 5.32 Å². The lowest BCUT2D eigenvalue weighted by Gasteiger charge is -2.05. The number of carbonyl (C=O) groups excluding carboxylic acids is 1. The highest BCUT2D eigenvalue weighted by atomic mass is 32.1. The predicted octanol–water partition coefficient (Wildman–Crippen LogP) is 2.34. The SMILES string of the molecule is CCCNC(=O)c1c(N)sc(C)c1CC. The highest BCUT2D eigenvalue weighted by Gasteiger charge is 2.18. The predicted molar refractivity (Wildman–Crippen MR) is 65.5 cm³/mol. The molecule has 0 aliphatic rings. The van der Waals surface area contributed by atoms with Gasteiger partial charge in [0.2, 0.25) is 0 Å². The van der Waals surface area contributed by atoms with E-state index < -0.39 is 0 Å². The lowest BCUT2D eigenvalue weighted by molar-refractivity contribution is 0.0954. The zero-order chi connectivity index (χ0) is 11.4. The summed E-state index contributed by atoms with van der Waals surface area (Å²) in [5.74, 6) is -0.0319. The van der Waals surface area contributed by atoms with Gasteiger partial charge in [-0.1, -0.05) is 13.8 Å². The molecule has 4 heteroatoms. The second-order valence-electron chi connectivity index (χ2n) is 3.49. The molecule has 3 N–H and O–H groups in total. The van der Waals surface area contributed by atoms with Gasteiger partial charge in [0, 0.05) is 11.4 Å². The largest absolute Gasteiger partial charge is 0.390 e. The quantitative estimate of drug-likeness (QED) is 0.828. The van der Waals surface area contributed by atoms with Crippen molar-refractivity contribution in [1.29, 1.82) is 0 Å². The molecule has 0 radical (unpaired) electrons. The van der Waals surface area contributed by atoms with Crippen LogP contribution in [-0.4, -0.2) is 12.5 Å². The van der Waals surface area contributed by atoms with E-state index in [-0.39, 0.29) is 5.91 Å². The number of amides is 1. The van der Waals surface area contributed by atoms with Crippen LogP contribution < -0.4 is 11.1 Å². The van der Waals surface area contributed by atoms with Crippen molar-refractivity contribution in [3.05, 3.63) is 16.0 Å². The molecule has 1 aromatic heterocycles. The summed E-state index contributed by atoms with van der Waals surface area (Å²) in [6.45, 7) is 6.79. The zero-order valence-electron chi connectivity index (χ0n) is 9.52. The molecule has 0 unspecified atom stereocenters. The summed E-state index contributed by atoms with van der Waals surface area (Å²) in [6.07, 6.45) is 1.80. The van der Waals surface area contributed by atoms with Crippen LogP contribution in [0, 0.1) is 6.92 Å². The van der Waals surface area contributed by atoms with Crippen LogP contribution in [-0.2, 0) is 6.42 Å². The molecule has 0 aliphatic heterocycles. The van der Waals surface area contributed by atoms with Gasteiger partial charge in [-0.25, -0.2) is 0 Å². The van der Waals surface area contributed by atoms with Crippen LogP contribution in [0.3, 0.4) is 0 Å². The molecule has 1 aromatic rings. The maximum absolute atomic E-state index is 11.8. The van der Waals surface area contributed by atoms with Gasteiger partial charge in [-0.05, 0) is 25.3 Å². The van der Waals surface area contributed by atoms with Crippen LogP contribution >= 0.6 is 11.3 Å². The first kappa shape index (κ1) is 12.0. The Bertz CT molecular complexity index is 358. The fourth-order valence-corrected chi connectivity index (χ4v) is 2.62. The van der Waals surface area contributed by atoms with E-state index in [9.17, 15) is 4.79 Å². The smallest absolute Gasteiger partial charge is 0.254 e. The van der Waals surface area contributed by atoms with Crippen molar-refractivity contribution in [3.63, 3.8) is 0 Å². The van der Waals surface area contributed by atoms with Gasteiger partial charge in [-0.3, -0.25) is 4.79 Å². The molecule has 1 heterocycles. The number of anilines is 1. The minimum Gasteiger partial charge on any atom is -0.390 e. The summed E-state index contributed by atoms with van der Waals surface area (Å²) in [7, 11) is 0. The van der Waals surface area contributed by atoms with E-state index >= 15 is 0 Å². The van der Waals surface area contributed by atoms with Crippen LogP contribution in [0.4, 0.5) is 5.00 Å². The molecule has 15 heavy (non-hydrogen) atoms. The Morgan fingerprint density at radius 3 is 2.67 bits per heavy atom. The number of nitrogens with two attached hydrogens (primary N) is 1. The Balaban J connectivity index is 2.96. The fourth-order valence-electron chi connectivity index (χ4n) is 1.60. The van der Waals surface area contributed by atoms with E-state index in [0.717, 1.165) is 23.3 Å². The van der Waals surface area contributed by atoms with Crippen LogP contribution in [0.25, 0.3) is 0 Å². The number of nitrogens with one attached hydrogen (secondary N) is 1. The van der Waals surface area contributed by atoms with Crippen LogP contribution in [0.1, 0.15) is 41.1 Å². The molecule has 0 saturated heterocycles. The number of nitrogen functional groups attached to an aromatic ring is 1. The second kappa shape index (κ2) is 5.16. The summed E-state index contributed by atoms with van der Waals surface area (Å²) in [5, 5.41) is 3.50. The highest BCUT2D eigenvalue weighted by Crippen LogP contribution is 2.30. The van der Waals surface area contributed by atoms with Crippen molar-refractivity contribution < 1.29 is 4.79 Å². The van der Waals surface area contributed by atoms with Crippen LogP contribution in [0.5, 0.6) is 0 Å². The molecule has 0 aliphatic carbocycles. The summed E-state index contributed by atoms with van der Waals surface area (Å²) in [6, 6.07) is 0. The first-order chi connectivity index (χ1) is 7.11. The molecule has 1 rings (SSSR count). The van der Waals surface area contributed by atoms with Crippen LogP contribution in [0.15, 0.2) is 0 Å². The van der Waals surface area contributed by atoms with Gasteiger partial charge < -0.3 is 11.1 Å². The lowest BCUT2D eigenvalue weighted by Crippen LogP contribution is -2.25. The van der Waals surface area contributed by atoms with Crippen LogP contribution in [0.2, 0.25) is 0 Å². The van der Waals surface area contributed by atoms with Gasteiger partial charge in [0.15, 0.2) is 0 Å². The second-order valence-corrected chi connectivity index (χ2v) is 4.74. The Kier molecular flexibility index (Phi) is 4.15. The molecule has 1 amide bonds. The van der Waals surface area contributed by atoms with Gasteiger partial charge in [0.05, 0.1) is 10.6 Å². The lowest BCUT2D eigenvalue weighted by atomic mass is 10.1. The van der Waals surface area contributed by atoms with Gasteiger partial charge in [-0.2, -0.15) is 0 Å². The number of hydrogen-bond acceptors (Lipinski definition) is 3. The Morgan fingerprint density at radius 2 is 2.13 bits per heavy atom. The maximum Gasteiger partial charge on any atom is 0.254 e. The van der Waals surface area contributed by atoms with E-state index in [0.29, 0.717) is 17.1 Å². The molecule has 0 fully saturated rings. The van der Waals surface area contributed by atoms with Gasteiger partial charge in [0.25, 0.3) is 5.91 Å². The van der Waals surface area contributed by atoms with E-state index in [1.807, 2.05) is 20.8 Å². The van der Waals surface area contributed by atoms with E-state index in [2.05, 4.69) is 5.32 Å². The van der Waals surface area contributed by atoms with Crippen molar-refractivity contribution in [3.8, 4) is 0 Å². The van der Waals surface area contributed by atoms with E-state index in [1.165, 1.54) is 11.3 Å². The third kappa shape index (κ3) is 2.50. The van der Waals surface area contributed by atoms with Crippen molar-refractivity contribution in [2.45, 2.75) is 33.6 Å². The van der Waals surface area contributed by atoms with E-state index in [1.54, 1.807) is 0 Å². The summed E-state index contributed by atoms with van der Waals surface area (Å²) in [5.41, 5.74) is 7.63. The third-order valence-corrected chi connectivity index (χ3v) is 3.33. The normalized spacial score (nSPS) is 10.3. The monoisotopic (exact) mass is 226 g/mol. The number of hydrogen-bond donors (Lipinski definition) is 2. The number of carbonyl (C=O) groups is 1. The van der Waals surface area contributed by atoms with E-state index in [4.69, 9.17) is 5.73 Å². The molecule has 84 valence electrons. The standard InChI is InChI=1S/C11H18N2OS/c1-4-6-13-11(14)9-8(5-2)7(3)15-10(9)12/h4-6,12H2,1-3H3,(H,13,14). The summed E-state index contributed by atoms with van der Waals surface area (Å²) < 4.78 is 0. The van der Waals surface area contributed by atoms with Gasteiger partial charge in [0.1, 0.15) is 0 Å². The number of aryl methyl sites for hydroxylation is 1. The molecule has 0 aromatic carbocycles. The number of thiophene rings is 1. The maximum atomic E-state index is 11.8. The molecular weight excluding hydrogens is 208 g/mol. The van der Waals surface area contributed by atoms with Crippen molar-refractivity contribution in [2.75, 3.05) is 12.3 Å². The van der Waals surface area contributed by atoms with Gasteiger partial charge >= 0.3 is 0 Å². The molecule has 0 spiro atoms. The topological polar surface area (TPSA) is 55.1 Å². The minimum atomic E-state index is -0.0319. The average molecular weight is 226 g/mol. The average Bonchev–Trinajstić information content (AvgIpc) is 2.49. The van der Waals surface area contributed by atoms with Crippen molar-refractivity contribution >= 4 is 22.2 Å². The fraction of sp³-hybridized carbons (Fsp3) is 0.545. The molecule has 0 bridgehead atoms. The summed E-state index contributed by atoms with van der Waals surface area (Å²) in [4.78, 5) is 13.0. The Labute approximate surface area is 94.7 Å². The minimum absolute atomic E-state index is 0.0319. The Morgan fingerprint density at radius 1 is 1.47 bits per heavy atom.